The van der Waals surface area contributed by atoms with Crippen molar-refractivity contribution in [2.75, 3.05) is 7.11 Å². The molecule has 0 radical (unpaired) electrons. The monoisotopic (exact) mass is 278 g/mol. The lowest BCUT2D eigenvalue weighted by Crippen LogP contribution is -1.95. The van der Waals surface area contributed by atoms with Crippen molar-refractivity contribution in [3.05, 3.63) is 39.7 Å². The lowest BCUT2D eigenvalue weighted by molar-refractivity contribution is -0.134. The highest BCUT2D eigenvalue weighted by atomic mass is 35.5. The van der Waals surface area contributed by atoms with E-state index in [9.17, 15) is 9.00 Å². The third kappa shape index (κ3) is 3.63. The number of hydrogen-bond donors (Lipinski definition) is 0. The summed E-state index contributed by atoms with van der Waals surface area (Å²) in [5, 5.41) is 1.93. The van der Waals surface area contributed by atoms with Gasteiger partial charge >= 0.3 is 5.97 Å². The van der Waals surface area contributed by atoms with Crippen molar-refractivity contribution < 1.29 is 13.7 Å². The molecule has 16 heavy (non-hydrogen) atoms. The molecule has 0 saturated heterocycles. The molecule has 0 heterocycles. The van der Waals surface area contributed by atoms with Crippen molar-refractivity contribution in [2.24, 2.45) is 0 Å². The van der Waals surface area contributed by atoms with Gasteiger partial charge in [0.05, 0.1) is 28.0 Å². The number of methoxy groups -OCH3 is 1. The number of carbonyl (C=O) groups is 1. The standard InChI is InChI=1S/C10H8Cl2O3S/c1-15-10(13)4-5-16(14)7-2-3-8(11)9(12)6-7/h2-6H,1H3/b5-4+. The quantitative estimate of drug-likeness (QED) is 0.631. The van der Waals surface area contributed by atoms with Gasteiger partial charge in [-0.05, 0) is 18.2 Å². The van der Waals surface area contributed by atoms with Crippen molar-refractivity contribution in [1.29, 1.82) is 0 Å². The summed E-state index contributed by atoms with van der Waals surface area (Å²) in [5.41, 5.74) is 0. The Labute approximate surface area is 105 Å². The molecule has 0 saturated carbocycles. The van der Waals surface area contributed by atoms with Gasteiger partial charge in [-0.3, -0.25) is 0 Å². The van der Waals surface area contributed by atoms with Crippen LogP contribution in [0.3, 0.4) is 0 Å². The molecule has 1 rings (SSSR count). The van der Waals surface area contributed by atoms with Crippen LogP contribution in [0.25, 0.3) is 0 Å². The Morgan fingerprint density at radius 1 is 1.38 bits per heavy atom. The molecule has 0 N–H and O–H groups in total. The van der Waals surface area contributed by atoms with E-state index < -0.39 is 16.8 Å². The molecule has 1 atom stereocenters. The lowest BCUT2D eigenvalue weighted by atomic mass is 10.4. The third-order valence-electron chi connectivity index (χ3n) is 1.65. The first-order valence-electron chi connectivity index (χ1n) is 4.16. The number of esters is 1. The second-order valence-electron chi connectivity index (χ2n) is 2.70. The molecular formula is C10H8Cl2O3S. The van der Waals surface area contributed by atoms with Gasteiger partial charge in [-0.15, -0.1) is 0 Å². The molecule has 0 spiro atoms. The molecule has 0 aliphatic carbocycles. The molecule has 3 nitrogen and oxygen atoms in total. The van der Waals surface area contributed by atoms with E-state index in [4.69, 9.17) is 23.2 Å². The Kier molecular flexibility index (Phi) is 4.99. The minimum Gasteiger partial charge on any atom is -0.466 e. The van der Waals surface area contributed by atoms with Gasteiger partial charge in [0.25, 0.3) is 0 Å². The van der Waals surface area contributed by atoms with E-state index in [2.05, 4.69) is 4.74 Å². The molecule has 0 amide bonds. The van der Waals surface area contributed by atoms with Crippen LogP contribution in [0.1, 0.15) is 0 Å². The fourth-order valence-electron chi connectivity index (χ4n) is 0.866. The van der Waals surface area contributed by atoms with Crippen LogP contribution in [-0.2, 0) is 20.3 Å². The molecule has 0 aliphatic rings. The minimum atomic E-state index is -1.45. The van der Waals surface area contributed by atoms with Gasteiger partial charge in [-0.2, -0.15) is 0 Å². The number of benzene rings is 1. The first-order chi connectivity index (χ1) is 7.54. The summed E-state index contributed by atoms with van der Waals surface area (Å²) in [6, 6.07) is 4.61. The van der Waals surface area contributed by atoms with Gasteiger partial charge in [0, 0.05) is 16.4 Å². The Morgan fingerprint density at radius 2 is 2.06 bits per heavy atom. The first-order valence-corrected chi connectivity index (χ1v) is 6.13. The molecule has 86 valence electrons. The maximum atomic E-state index is 11.6. The van der Waals surface area contributed by atoms with Crippen LogP contribution in [0, 0.1) is 0 Å². The predicted molar refractivity (Wildman–Crippen MR) is 64.0 cm³/mol. The van der Waals surface area contributed by atoms with E-state index in [-0.39, 0.29) is 0 Å². The van der Waals surface area contributed by atoms with Crippen LogP contribution in [0.5, 0.6) is 0 Å². The third-order valence-corrected chi connectivity index (χ3v) is 3.49. The van der Waals surface area contributed by atoms with Gasteiger partial charge in [0.15, 0.2) is 0 Å². The van der Waals surface area contributed by atoms with Crippen LogP contribution < -0.4 is 0 Å². The average Bonchev–Trinajstić information content (AvgIpc) is 2.29. The maximum Gasteiger partial charge on any atom is 0.331 e. The largest absolute Gasteiger partial charge is 0.466 e. The van der Waals surface area contributed by atoms with Crippen LogP contribution in [0.15, 0.2) is 34.6 Å². The summed E-state index contributed by atoms with van der Waals surface area (Å²) >= 11 is 11.5. The summed E-state index contributed by atoms with van der Waals surface area (Å²) in [4.78, 5) is 11.2. The van der Waals surface area contributed by atoms with Gasteiger partial charge in [0.1, 0.15) is 0 Å². The predicted octanol–water partition coefficient (Wildman–Crippen LogP) is 2.79. The Morgan fingerprint density at radius 3 is 2.62 bits per heavy atom. The summed E-state index contributed by atoms with van der Waals surface area (Å²) in [5.74, 6) is -0.562. The Balaban J connectivity index is 2.85. The Bertz CT molecular complexity index is 457. The van der Waals surface area contributed by atoms with Crippen molar-refractivity contribution in [2.45, 2.75) is 4.90 Å². The van der Waals surface area contributed by atoms with Crippen LogP contribution >= 0.6 is 23.2 Å². The summed E-state index contributed by atoms with van der Waals surface area (Å²) in [6.45, 7) is 0. The first kappa shape index (κ1) is 13.2. The zero-order chi connectivity index (χ0) is 12.1. The maximum absolute atomic E-state index is 11.6. The Hall–Kier alpha value is -0.840. The van der Waals surface area contributed by atoms with Crippen molar-refractivity contribution in [3.63, 3.8) is 0 Å². The van der Waals surface area contributed by atoms with E-state index in [1.165, 1.54) is 18.6 Å². The fourth-order valence-corrected chi connectivity index (χ4v) is 2.06. The zero-order valence-corrected chi connectivity index (χ0v) is 10.6. The molecule has 6 heteroatoms. The van der Waals surface area contributed by atoms with Crippen LogP contribution in [0.4, 0.5) is 0 Å². The number of ether oxygens (including phenoxy) is 1. The summed E-state index contributed by atoms with van der Waals surface area (Å²) < 4.78 is 16.0. The van der Waals surface area contributed by atoms with Crippen molar-refractivity contribution >= 4 is 40.0 Å². The average molecular weight is 279 g/mol. The molecule has 0 bridgehead atoms. The summed E-state index contributed by atoms with van der Waals surface area (Å²) in [6.07, 6.45) is 1.10. The van der Waals surface area contributed by atoms with E-state index >= 15 is 0 Å². The van der Waals surface area contributed by atoms with Gasteiger partial charge in [-0.1, -0.05) is 23.2 Å². The molecule has 0 fully saturated rings. The van der Waals surface area contributed by atoms with Crippen LogP contribution in [0.2, 0.25) is 10.0 Å². The van der Waals surface area contributed by atoms with E-state index in [1.54, 1.807) is 12.1 Å². The lowest BCUT2D eigenvalue weighted by Gasteiger charge is -1.99. The van der Waals surface area contributed by atoms with Gasteiger partial charge in [0.2, 0.25) is 0 Å². The highest BCUT2D eigenvalue weighted by Crippen LogP contribution is 2.24. The highest BCUT2D eigenvalue weighted by molar-refractivity contribution is 7.88. The highest BCUT2D eigenvalue weighted by Gasteiger charge is 2.04. The number of halogens is 2. The fraction of sp³-hybridized carbons (Fsp3) is 0.100. The van der Waals surface area contributed by atoms with Crippen molar-refractivity contribution in [3.8, 4) is 0 Å². The smallest absolute Gasteiger partial charge is 0.331 e. The SMILES string of the molecule is COC(=O)/C=C/S(=O)c1ccc(Cl)c(Cl)c1. The molecule has 1 aromatic rings. The molecule has 1 aromatic carbocycles. The second-order valence-corrected chi connectivity index (χ2v) is 4.85. The van der Waals surface area contributed by atoms with Gasteiger partial charge < -0.3 is 4.74 Å². The second kappa shape index (κ2) is 6.03. The molecule has 1 unspecified atom stereocenters. The topological polar surface area (TPSA) is 43.4 Å². The van der Waals surface area contributed by atoms with E-state index in [0.29, 0.717) is 14.9 Å². The van der Waals surface area contributed by atoms with E-state index in [1.807, 2.05) is 0 Å². The molecule has 0 aromatic heterocycles. The zero-order valence-electron chi connectivity index (χ0n) is 8.28. The molecule has 0 aliphatic heterocycles. The number of rotatable bonds is 3. The number of carbonyl (C=O) groups excluding carboxylic acids is 1. The normalized spacial score (nSPS) is 12.7. The van der Waals surface area contributed by atoms with Crippen molar-refractivity contribution in [1.82, 2.24) is 0 Å². The van der Waals surface area contributed by atoms with Gasteiger partial charge in [-0.25, -0.2) is 9.00 Å². The minimum absolute atomic E-state index is 0.319. The number of hydrogen-bond acceptors (Lipinski definition) is 3. The molecular weight excluding hydrogens is 271 g/mol. The summed E-state index contributed by atoms with van der Waals surface area (Å²) in [7, 11) is -0.204. The van der Waals surface area contributed by atoms with Crippen LogP contribution in [-0.4, -0.2) is 17.3 Å². The van der Waals surface area contributed by atoms with E-state index in [0.717, 1.165) is 6.08 Å².